The molecule has 1 aliphatic heterocycles. The molecular weight excluding hydrogens is 279 g/mol. The van der Waals surface area contributed by atoms with E-state index < -0.39 is 0 Å². The van der Waals surface area contributed by atoms with E-state index in [1.165, 1.54) is 31.4 Å². The summed E-state index contributed by atoms with van der Waals surface area (Å²) in [7, 11) is 2.16. The molecule has 1 heterocycles. The van der Waals surface area contributed by atoms with Crippen LogP contribution in [-0.2, 0) is 11.2 Å². The maximum Gasteiger partial charge on any atom is 0.220 e. The van der Waals surface area contributed by atoms with Crippen molar-refractivity contribution in [2.75, 3.05) is 20.1 Å². The van der Waals surface area contributed by atoms with Crippen molar-refractivity contribution in [1.82, 2.24) is 10.2 Å². The van der Waals surface area contributed by atoms with Crippen molar-refractivity contribution < 1.29 is 9.18 Å². The molecule has 1 N–H and O–H groups in total. The SMILES string of the molecule is CN1CCCC[C@H]1CCC(=O)NCCCc1ccc(F)cc1. The number of carbonyl (C=O) groups is 1. The highest BCUT2D eigenvalue weighted by Crippen LogP contribution is 2.18. The van der Waals surface area contributed by atoms with Crippen LogP contribution < -0.4 is 5.32 Å². The minimum Gasteiger partial charge on any atom is -0.356 e. The normalized spacial score (nSPS) is 19.1. The first kappa shape index (κ1) is 16.9. The molecule has 1 atom stereocenters. The van der Waals surface area contributed by atoms with Gasteiger partial charge in [0.05, 0.1) is 0 Å². The summed E-state index contributed by atoms with van der Waals surface area (Å²) < 4.78 is 12.8. The van der Waals surface area contributed by atoms with E-state index in [1.54, 1.807) is 12.1 Å². The topological polar surface area (TPSA) is 32.3 Å². The van der Waals surface area contributed by atoms with Gasteiger partial charge in [-0.1, -0.05) is 18.6 Å². The number of likely N-dealkylation sites (tertiary alicyclic amines) is 1. The highest BCUT2D eigenvalue weighted by molar-refractivity contribution is 5.75. The summed E-state index contributed by atoms with van der Waals surface area (Å²) in [5.74, 6) is -0.0530. The summed E-state index contributed by atoms with van der Waals surface area (Å²) in [6, 6.07) is 7.13. The van der Waals surface area contributed by atoms with E-state index in [1.807, 2.05) is 0 Å². The van der Waals surface area contributed by atoms with E-state index in [4.69, 9.17) is 0 Å². The van der Waals surface area contributed by atoms with Crippen LogP contribution >= 0.6 is 0 Å². The van der Waals surface area contributed by atoms with Crippen molar-refractivity contribution in [3.63, 3.8) is 0 Å². The van der Waals surface area contributed by atoms with E-state index in [9.17, 15) is 9.18 Å². The third-order valence-corrected chi connectivity index (χ3v) is 4.50. The lowest BCUT2D eigenvalue weighted by Crippen LogP contribution is -2.37. The number of amides is 1. The third-order valence-electron chi connectivity index (χ3n) is 4.50. The fourth-order valence-corrected chi connectivity index (χ4v) is 3.07. The first-order valence-electron chi connectivity index (χ1n) is 8.36. The molecule has 0 aromatic heterocycles. The number of rotatable bonds is 7. The largest absolute Gasteiger partial charge is 0.356 e. The van der Waals surface area contributed by atoms with E-state index in [0.29, 0.717) is 19.0 Å². The third kappa shape index (κ3) is 5.76. The van der Waals surface area contributed by atoms with Gasteiger partial charge in [0.15, 0.2) is 0 Å². The van der Waals surface area contributed by atoms with Crippen molar-refractivity contribution in [2.24, 2.45) is 0 Å². The number of carbonyl (C=O) groups excluding carboxylic acids is 1. The van der Waals surface area contributed by atoms with Crippen LogP contribution in [0.3, 0.4) is 0 Å². The maximum atomic E-state index is 12.8. The second kappa shape index (κ2) is 8.89. The Morgan fingerprint density at radius 2 is 2.09 bits per heavy atom. The quantitative estimate of drug-likeness (QED) is 0.785. The lowest BCUT2D eigenvalue weighted by molar-refractivity contribution is -0.121. The molecule has 1 aliphatic rings. The number of halogens is 1. The van der Waals surface area contributed by atoms with Gasteiger partial charge in [-0.3, -0.25) is 4.79 Å². The van der Waals surface area contributed by atoms with Gasteiger partial charge >= 0.3 is 0 Å². The van der Waals surface area contributed by atoms with E-state index in [0.717, 1.165) is 31.4 Å². The Hall–Kier alpha value is -1.42. The molecule has 3 nitrogen and oxygen atoms in total. The maximum absolute atomic E-state index is 12.8. The van der Waals surface area contributed by atoms with Gasteiger partial charge in [-0.2, -0.15) is 0 Å². The Bertz CT molecular complexity index is 461. The summed E-state index contributed by atoms with van der Waals surface area (Å²) in [5, 5.41) is 2.99. The summed E-state index contributed by atoms with van der Waals surface area (Å²) in [5.41, 5.74) is 1.11. The van der Waals surface area contributed by atoms with Gasteiger partial charge in [-0.05, 0) is 63.4 Å². The fourth-order valence-electron chi connectivity index (χ4n) is 3.07. The number of aryl methyl sites for hydroxylation is 1. The Balaban J connectivity index is 1.56. The molecule has 122 valence electrons. The molecule has 0 unspecified atom stereocenters. The lowest BCUT2D eigenvalue weighted by atomic mass is 9.98. The lowest BCUT2D eigenvalue weighted by Gasteiger charge is -2.32. The van der Waals surface area contributed by atoms with Crippen LogP contribution in [0.25, 0.3) is 0 Å². The molecule has 1 fully saturated rings. The first-order chi connectivity index (χ1) is 10.6. The van der Waals surface area contributed by atoms with E-state index >= 15 is 0 Å². The van der Waals surface area contributed by atoms with Crippen LogP contribution in [-0.4, -0.2) is 37.0 Å². The van der Waals surface area contributed by atoms with Crippen molar-refractivity contribution in [2.45, 2.75) is 51.0 Å². The van der Waals surface area contributed by atoms with Gasteiger partial charge < -0.3 is 10.2 Å². The van der Waals surface area contributed by atoms with Crippen molar-refractivity contribution in [3.05, 3.63) is 35.6 Å². The van der Waals surface area contributed by atoms with E-state index in [-0.39, 0.29) is 11.7 Å². The molecular formula is C18H27FN2O. The van der Waals surface area contributed by atoms with Crippen LogP contribution in [0, 0.1) is 5.82 Å². The van der Waals surface area contributed by atoms with Crippen LogP contribution in [0.15, 0.2) is 24.3 Å². The van der Waals surface area contributed by atoms with E-state index in [2.05, 4.69) is 17.3 Å². The summed E-state index contributed by atoms with van der Waals surface area (Å²) >= 11 is 0. The average Bonchev–Trinajstić information content (AvgIpc) is 2.52. The molecule has 0 saturated carbocycles. The van der Waals surface area contributed by atoms with Crippen molar-refractivity contribution in [1.29, 1.82) is 0 Å². The monoisotopic (exact) mass is 306 g/mol. The smallest absolute Gasteiger partial charge is 0.220 e. The molecule has 2 rings (SSSR count). The molecule has 0 radical (unpaired) electrons. The second-order valence-corrected chi connectivity index (χ2v) is 6.25. The van der Waals surface area contributed by atoms with Gasteiger partial charge in [0.2, 0.25) is 5.91 Å². The Morgan fingerprint density at radius 1 is 1.32 bits per heavy atom. The average molecular weight is 306 g/mol. The number of nitrogens with one attached hydrogen (secondary N) is 1. The second-order valence-electron chi connectivity index (χ2n) is 6.25. The number of nitrogens with zero attached hydrogens (tertiary/aromatic N) is 1. The Morgan fingerprint density at radius 3 is 2.82 bits per heavy atom. The minimum atomic E-state index is -0.204. The van der Waals surface area contributed by atoms with Gasteiger partial charge in [-0.25, -0.2) is 4.39 Å². The van der Waals surface area contributed by atoms with Crippen LogP contribution in [0.5, 0.6) is 0 Å². The zero-order valence-corrected chi connectivity index (χ0v) is 13.5. The first-order valence-corrected chi connectivity index (χ1v) is 8.36. The van der Waals surface area contributed by atoms with Gasteiger partial charge in [0.1, 0.15) is 5.82 Å². The number of benzene rings is 1. The fraction of sp³-hybridized carbons (Fsp3) is 0.611. The standard InChI is InChI=1S/C18H27FN2O/c1-21-14-3-2-6-17(21)11-12-18(22)20-13-4-5-15-7-9-16(19)10-8-15/h7-10,17H,2-6,11-14H2,1H3,(H,20,22)/t17-/m0/s1. The molecule has 0 aliphatic carbocycles. The summed E-state index contributed by atoms with van der Waals surface area (Å²) in [4.78, 5) is 14.2. The van der Waals surface area contributed by atoms with Crippen LogP contribution in [0.2, 0.25) is 0 Å². The van der Waals surface area contributed by atoms with Crippen molar-refractivity contribution in [3.8, 4) is 0 Å². The molecule has 1 amide bonds. The molecule has 0 spiro atoms. The molecule has 1 aromatic rings. The summed E-state index contributed by atoms with van der Waals surface area (Å²) in [6.07, 6.45) is 7.11. The minimum absolute atomic E-state index is 0.151. The van der Waals surface area contributed by atoms with Gasteiger partial charge in [0.25, 0.3) is 0 Å². The Labute approximate surface area is 132 Å². The van der Waals surface area contributed by atoms with Crippen LogP contribution in [0.4, 0.5) is 4.39 Å². The molecule has 4 heteroatoms. The zero-order chi connectivity index (χ0) is 15.8. The number of hydrogen-bond acceptors (Lipinski definition) is 2. The van der Waals surface area contributed by atoms with Crippen LogP contribution in [0.1, 0.15) is 44.1 Å². The molecule has 0 bridgehead atoms. The van der Waals surface area contributed by atoms with Gasteiger partial charge in [-0.15, -0.1) is 0 Å². The van der Waals surface area contributed by atoms with Crippen molar-refractivity contribution >= 4 is 5.91 Å². The van der Waals surface area contributed by atoms with Gasteiger partial charge in [0, 0.05) is 19.0 Å². The zero-order valence-electron chi connectivity index (χ0n) is 13.5. The predicted octanol–water partition coefficient (Wildman–Crippen LogP) is 3.14. The number of hydrogen-bond donors (Lipinski definition) is 1. The predicted molar refractivity (Wildman–Crippen MR) is 87.2 cm³/mol. The Kier molecular flexibility index (Phi) is 6.84. The molecule has 22 heavy (non-hydrogen) atoms. The molecule has 1 aromatic carbocycles. The highest BCUT2D eigenvalue weighted by Gasteiger charge is 2.19. The number of piperidine rings is 1. The summed E-state index contributed by atoms with van der Waals surface area (Å²) in [6.45, 7) is 1.85. The highest BCUT2D eigenvalue weighted by atomic mass is 19.1. The molecule has 1 saturated heterocycles.